The highest BCUT2D eigenvalue weighted by Gasteiger charge is 2.36. The molecule has 1 unspecified atom stereocenters. The van der Waals surface area contributed by atoms with Crippen LogP contribution in [0.4, 0.5) is 8.78 Å². The third-order valence-electron chi connectivity index (χ3n) is 5.06. The monoisotopic (exact) mass is 381 g/mol. The van der Waals surface area contributed by atoms with E-state index in [0.717, 1.165) is 31.5 Å². The third-order valence-corrected chi connectivity index (χ3v) is 6.60. The molecule has 9 heteroatoms. The van der Waals surface area contributed by atoms with Crippen molar-refractivity contribution in [2.24, 2.45) is 25.4 Å². The summed E-state index contributed by atoms with van der Waals surface area (Å²) in [5.41, 5.74) is 5.84. The fraction of sp³-hybridized carbons (Fsp3) is 0.529. The number of ether oxygens (including phenoxy) is 1. The number of aliphatic imine (C=N–C) groups is 1. The summed E-state index contributed by atoms with van der Waals surface area (Å²) in [7, 11) is 0. The first-order chi connectivity index (χ1) is 12.6. The van der Waals surface area contributed by atoms with Gasteiger partial charge in [0.05, 0.1) is 0 Å². The number of fused-ring (bicyclic) bond motifs is 1. The van der Waals surface area contributed by atoms with Gasteiger partial charge in [-0.2, -0.15) is 9.36 Å². The number of nitrogens with two attached hydrogens (primary N) is 1. The number of benzene rings is 1. The average molecular weight is 381 g/mol. The van der Waals surface area contributed by atoms with Crippen molar-refractivity contribution in [2.75, 3.05) is 6.54 Å². The Morgan fingerprint density at radius 3 is 2.65 bits per heavy atom. The van der Waals surface area contributed by atoms with E-state index < -0.39 is 28.4 Å². The molecule has 0 spiro atoms. The number of para-hydroxylation sites is 1. The smallest absolute Gasteiger partial charge is 0.334 e. The summed E-state index contributed by atoms with van der Waals surface area (Å²) >= 11 is -0.876. The Kier molecular flexibility index (Phi) is 4.99. The second-order valence-corrected chi connectivity index (χ2v) is 8.05. The highest BCUT2D eigenvalue weighted by atomic mass is 32.2. The molecular formula is C17H21F2N5OS. The molecule has 2 heterocycles. The molecular weight excluding hydrogens is 360 g/mol. The van der Waals surface area contributed by atoms with Gasteiger partial charge in [-0.1, -0.05) is 18.9 Å². The minimum atomic E-state index is -0.876. The quantitative estimate of drug-likeness (QED) is 0.854. The van der Waals surface area contributed by atoms with Crippen LogP contribution in [0, 0.1) is 17.6 Å². The lowest BCUT2D eigenvalue weighted by Gasteiger charge is -2.43. The summed E-state index contributed by atoms with van der Waals surface area (Å²) in [5, 5.41) is 0. The molecule has 140 valence electrons. The van der Waals surface area contributed by atoms with Crippen molar-refractivity contribution in [1.29, 1.82) is 0 Å². The number of rotatable bonds is 2. The number of hydrogen-bond donors (Lipinski definition) is 1. The van der Waals surface area contributed by atoms with Gasteiger partial charge in [0.15, 0.2) is 11.6 Å². The van der Waals surface area contributed by atoms with Crippen LogP contribution in [0.1, 0.15) is 38.5 Å². The van der Waals surface area contributed by atoms with Crippen molar-refractivity contribution in [3.05, 3.63) is 29.8 Å². The molecule has 1 saturated heterocycles. The average Bonchev–Trinajstić information content (AvgIpc) is 2.64. The van der Waals surface area contributed by atoms with Crippen LogP contribution in [0.2, 0.25) is 0 Å². The summed E-state index contributed by atoms with van der Waals surface area (Å²) in [6.45, 7) is 0.881. The summed E-state index contributed by atoms with van der Waals surface area (Å²) in [6.07, 6.45) is 7.14. The van der Waals surface area contributed by atoms with E-state index in [1.54, 1.807) is 0 Å². The van der Waals surface area contributed by atoms with Crippen molar-refractivity contribution >= 4 is 23.0 Å². The minimum Gasteiger partial charge on any atom is -0.417 e. The Bertz CT molecular complexity index is 775. The molecule has 0 radical (unpaired) electrons. The zero-order valence-corrected chi connectivity index (χ0v) is 15.1. The summed E-state index contributed by atoms with van der Waals surface area (Å²) in [6, 6.07) is 3.79. The number of hydrogen-bond acceptors (Lipinski definition) is 6. The Morgan fingerprint density at radius 2 is 1.85 bits per heavy atom. The fourth-order valence-electron chi connectivity index (χ4n) is 3.91. The fourth-order valence-corrected chi connectivity index (χ4v) is 5.40. The Labute approximate surface area is 153 Å². The topological polar surface area (TPSA) is 75.6 Å². The van der Waals surface area contributed by atoms with Gasteiger partial charge in [0.1, 0.15) is 11.1 Å². The number of piperidine rings is 1. The van der Waals surface area contributed by atoms with Gasteiger partial charge in [0.2, 0.25) is 11.7 Å². The van der Waals surface area contributed by atoms with Gasteiger partial charge in [-0.3, -0.25) is 0 Å². The van der Waals surface area contributed by atoms with Gasteiger partial charge >= 0.3 is 6.02 Å². The van der Waals surface area contributed by atoms with Gasteiger partial charge in [-0.25, -0.2) is 13.1 Å². The van der Waals surface area contributed by atoms with E-state index in [4.69, 9.17) is 10.5 Å². The van der Waals surface area contributed by atoms with E-state index in [9.17, 15) is 8.78 Å². The van der Waals surface area contributed by atoms with Crippen LogP contribution in [0.15, 0.2) is 32.0 Å². The van der Waals surface area contributed by atoms with Crippen LogP contribution in [0.25, 0.3) is 0 Å². The molecule has 4 rings (SSSR count). The van der Waals surface area contributed by atoms with Crippen molar-refractivity contribution in [3.8, 4) is 5.75 Å². The summed E-state index contributed by atoms with van der Waals surface area (Å²) in [5.74, 6) is -1.47. The maximum Gasteiger partial charge on any atom is 0.334 e. The molecule has 2 aliphatic heterocycles. The van der Waals surface area contributed by atoms with E-state index >= 15 is 0 Å². The second-order valence-electron chi connectivity index (χ2n) is 6.73. The molecule has 0 aromatic heterocycles. The SMILES string of the molecule is NC1=NC(Oc2c(F)cccc2F)=NS(N2CCC[C@H]3CCCC[C@H]32)=N1. The Morgan fingerprint density at radius 1 is 1.12 bits per heavy atom. The second kappa shape index (κ2) is 7.40. The number of amidine groups is 1. The first-order valence-electron chi connectivity index (χ1n) is 8.89. The first-order valence-corrected chi connectivity index (χ1v) is 9.99. The predicted octanol–water partition coefficient (Wildman–Crippen LogP) is 3.31. The summed E-state index contributed by atoms with van der Waals surface area (Å²) < 4.78 is 44.0. The molecule has 6 nitrogen and oxygen atoms in total. The standard InChI is InChI=1S/C17H21F2N5OS/c18-12-7-3-8-13(19)15(12)25-17-21-16(20)22-26(23-17)24-10-4-6-11-5-1-2-9-14(11)24/h3,7-8,11,14H,1-2,4-6,9-10H2,(H2,20,21,22,23)/t11-,14-,26?/m1/s1. The molecule has 2 fully saturated rings. The molecule has 1 aromatic carbocycles. The van der Waals surface area contributed by atoms with E-state index in [1.807, 2.05) is 0 Å². The maximum absolute atomic E-state index is 13.8. The van der Waals surface area contributed by atoms with Crippen molar-refractivity contribution in [3.63, 3.8) is 0 Å². The van der Waals surface area contributed by atoms with E-state index in [1.165, 1.54) is 31.7 Å². The number of nitrogens with zero attached hydrogens (tertiary/aromatic N) is 4. The van der Waals surface area contributed by atoms with Crippen LogP contribution in [-0.2, 0) is 11.1 Å². The third kappa shape index (κ3) is 3.50. The lowest BCUT2D eigenvalue weighted by molar-refractivity contribution is 0.137. The minimum absolute atomic E-state index is 0.0213. The lowest BCUT2D eigenvalue weighted by atomic mass is 9.79. The van der Waals surface area contributed by atoms with Gasteiger partial charge in [-0.05, 0) is 43.7 Å². The molecule has 1 aromatic rings. The maximum atomic E-state index is 13.8. The lowest BCUT2D eigenvalue weighted by Crippen LogP contribution is -2.47. The van der Waals surface area contributed by atoms with Crippen LogP contribution in [0.3, 0.4) is 0 Å². The highest BCUT2D eigenvalue weighted by Crippen LogP contribution is 2.36. The molecule has 0 amide bonds. The van der Waals surface area contributed by atoms with Gasteiger partial charge < -0.3 is 10.5 Å². The zero-order valence-electron chi connectivity index (χ0n) is 14.3. The normalized spacial score (nSPS) is 29.2. The van der Waals surface area contributed by atoms with Gasteiger partial charge in [0, 0.05) is 12.6 Å². The molecule has 3 atom stereocenters. The predicted molar refractivity (Wildman–Crippen MR) is 97.5 cm³/mol. The van der Waals surface area contributed by atoms with Crippen LogP contribution >= 0.6 is 0 Å². The first kappa shape index (κ1) is 17.5. The molecule has 26 heavy (non-hydrogen) atoms. The van der Waals surface area contributed by atoms with E-state index in [2.05, 4.69) is 18.1 Å². The van der Waals surface area contributed by atoms with E-state index in [-0.39, 0.29) is 12.0 Å². The Hall–Kier alpha value is -1.87. The highest BCUT2D eigenvalue weighted by molar-refractivity contribution is 7.84. The van der Waals surface area contributed by atoms with Crippen LogP contribution in [0.5, 0.6) is 5.75 Å². The van der Waals surface area contributed by atoms with Crippen LogP contribution < -0.4 is 10.5 Å². The van der Waals surface area contributed by atoms with Crippen molar-refractivity contribution in [2.45, 2.75) is 44.6 Å². The van der Waals surface area contributed by atoms with Crippen molar-refractivity contribution < 1.29 is 13.5 Å². The zero-order chi connectivity index (χ0) is 18.1. The van der Waals surface area contributed by atoms with Crippen molar-refractivity contribution in [1.82, 2.24) is 4.31 Å². The summed E-state index contributed by atoms with van der Waals surface area (Å²) in [4.78, 5) is 3.91. The molecule has 3 aliphatic rings. The van der Waals surface area contributed by atoms with Crippen LogP contribution in [-0.4, -0.2) is 28.9 Å². The Balaban J connectivity index is 1.60. The van der Waals surface area contributed by atoms with Gasteiger partial charge in [0.25, 0.3) is 0 Å². The largest absolute Gasteiger partial charge is 0.417 e. The number of guanidine groups is 1. The molecule has 1 saturated carbocycles. The number of halogens is 2. The molecule has 0 bridgehead atoms. The van der Waals surface area contributed by atoms with Gasteiger partial charge in [-0.15, -0.1) is 4.40 Å². The molecule has 2 N–H and O–H groups in total. The molecule has 1 aliphatic carbocycles. The van der Waals surface area contributed by atoms with E-state index in [0.29, 0.717) is 12.0 Å².